The quantitative estimate of drug-likeness (QED) is 0.675. The predicted octanol–water partition coefficient (Wildman–Crippen LogP) is 3.61. The zero-order valence-electron chi connectivity index (χ0n) is 15.1. The summed E-state index contributed by atoms with van der Waals surface area (Å²) in [4.78, 5) is 26.8. The molecule has 26 heavy (non-hydrogen) atoms. The Morgan fingerprint density at radius 3 is 2.62 bits per heavy atom. The minimum Gasteiger partial charge on any atom is -0.476 e. The van der Waals surface area contributed by atoms with E-state index in [4.69, 9.17) is 13.6 Å². The van der Waals surface area contributed by atoms with Crippen molar-refractivity contribution in [3.63, 3.8) is 0 Å². The molecule has 0 atom stereocenters. The molecular formula is C20H21NO5. The molecule has 0 saturated heterocycles. The minimum absolute atomic E-state index is 0.0168. The highest BCUT2D eigenvalue weighted by Crippen LogP contribution is 2.31. The van der Waals surface area contributed by atoms with Crippen LogP contribution in [0.1, 0.15) is 19.4 Å². The Morgan fingerprint density at radius 1 is 1.19 bits per heavy atom. The van der Waals surface area contributed by atoms with Crippen LogP contribution in [-0.4, -0.2) is 30.5 Å². The van der Waals surface area contributed by atoms with Gasteiger partial charge in [0, 0.05) is 13.1 Å². The zero-order valence-corrected chi connectivity index (χ0v) is 15.1. The van der Waals surface area contributed by atoms with Crippen LogP contribution in [0.4, 0.5) is 0 Å². The summed E-state index contributed by atoms with van der Waals surface area (Å²) in [6.07, 6.45) is 1.49. The van der Waals surface area contributed by atoms with Crippen LogP contribution in [0.15, 0.2) is 50.2 Å². The lowest BCUT2D eigenvalue weighted by atomic mass is 10.1. The summed E-state index contributed by atoms with van der Waals surface area (Å²) < 4.78 is 16.9. The van der Waals surface area contributed by atoms with Gasteiger partial charge in [0.15, 0.2) is 12.4 Å². The maximum absolute atomic E-state index is 12.9. The number of nitrogens with zero attached hydrogens (tertiary/aromatic N) is 1. The molecule has 3 rings (SSSR count). The van der Waals surface area contributed by atoms with Gasteiger partial charge in [-0.15, -0.1) is 0 Å². The Balaban J connectivity index is 2.06. The lowest BCUT2D eigenvalue weighted by Crippen LogP contribution is -2.35. The summed E-state index contributed by atoms with van der Waals surface area (Å²) in [5.74, 6) is 0.349. The van der Waals surface area contributed by atoms with Crippen LogP contribution < -0.4 is 10.2 Å². The fourth-order valence-corrected chi connectivity index (χ4v) is 2.79. The van der Waals surface area contributed by atoms with Crippen LogP contribution in [0, 0.1) is 6.92 Å². The number of fused-ring (bicyclic) bond motifs is 1. The molecule has 0 fully saturated rings. The fourth-order valence-electron chi connectivity index (χ4n) is 2.79. The van der Waals surface area contributed by atoms with E-state index in [2.05, 4.69) is 0 Å². The van der Waals surface area contributed by atoms with E-state index in [1.165, 1.54) is 6.26 Å². The fraction of sp³-hybridized carbons (Fsp3) is 0.300. The second-order valence-corrected chi connectivity index (χ2v) is 5.92. The van der Waals surface area contributed by atoms with Crippen molar-refractivity contribution in [1.82, 2.24) is 4.90 Å². The van der Waals surface area contributed by atoms with Gasteiger partial charge in [0.2, 0.25) is 16.9 Å². The van der Waals surface area contributed by atoms with Gasteiger partial charge in [0.1, 0.15) is 5.58 Å². The second-order valence-electron chi connectivity index (χ2n) is 5.92. The minimum atomic E-state index is -0.329. The van der Waals surface area contributed by atoms with E-state index in [0.29, 0.717) is 29.8 Å². The van der Waals surface area contributed by atoms with Crippen molar-refractivity contribution in [2.45, 2.75) is 20.8 Å². The van der Waals surface area contributed by atoms with Crippen molar-refractivity contribution in [3.05, 3.63) is 52.4 Å². The molecule has 0 N–H and O–H groups in total. The first-order valence-electron chi connectivity index (χ1n) is 8.57. The molecule has 6 nitrogen and oxygen atoms in total. The number of furan rings is 1. The normalized spacial score (nSPS) is 10.9. The van der Waals surface area contributed by atoms with Crippen LogP contribution in [0.5, 0.6) is 5.75 Å². The van der Waals surface area contributed by atoms with Crippen molar-refractivity contribution >= 4 is 16.9 Å². The average Bonchev–Trinajstić information content (AvgIpc) is 3.16. The lowest BCUT2D eigenvalue weighted by Gasteiger charge is -2.19. The number of carbonyl (C=O) groups is 1. The molecule has 0 spiro atoms. The Kier molecular flexibility index (Phi) is 5.11. The largest absolute Gasteiger partial charge is 0.476 e. The first-order valence-corrected chi connectivity index (χ1v) is 8.57. The van der Waals surface area contributed by atoms with Crippen LogP contribution in [-0.2, 0) is 4.79 Å². The number of aryl methyl sites for hydroxylation is 1. The van der Waals surface area contributed by atoms with Crippen LogP contribution in [0.3, 0.4) is 0 Å². The second kappa shape index (κ2) is 7.47. The first-order chi connectivity index (χ1) is 12.5. The maximum atomic E-state index is 12.9. The third-order valence-corrected chi connectivity index (χ3v) is 4.21. The highest BCUT2D eigenvalue weighted by atomic mass is 16.5. The molecular weight excluding hydrogens is 334 g/mol. The highest BCUT2D eigenvalue weighted by Gasteiger charge is 2.21. The number of carbonyl (C=O) groups excluding carboxylic acids is 1. The molecule has 0 saturated carbocycles. The Bertz CT molecular complexity index is 968. The van der Waals surface area contributed by atoms with E-state index >= 15 is 0 Å². The molecule has 0 radical (unpaired) electrons. The number of rotatable bonds is 6. The van der Waals surface area contributed by atoms with Gasteiger partial charge in [0.05, 0.1) is 11.6 Å². The van der Waals surface area contributed by atoms with Crippen LogP contribution in [0.25, 0.3) is 22.5 Å². The summed E-state index contributed by atoms with van der Waals surface area (Å²) in [5.41, 5.74) is 1.09. The Hall–Kier alpha value is -3.02. The number of ether oxygens (including phenoxy) is 1. The molecule has 136 valence electrons. The lowest BCUT2D eigenvalue weighted by molar-refractivity contribution is -0.132. The van der Waals surface area contributed by atoms with Gasteiger partial charge < -0.3 is 18.5 Å². The van der Waals surface area contributed by atoms with E-state index in [1.807, 2.05) is 26.8 Å². The molecule has 1 aromatic carbocycles. The molecule has 2 aromatic heterocycles. The standard InChI is InChI=1S/C20H21NO5/c1-4-21(5-2)17(22)12-25-20-18(23)14-9-8-13(3)11-16(14)26-19(20)15-7-6-10-24-15/h6-11H,4-5,12H2,1-3H3. The molecule has 0 aliphatic rings. The molecule has 0 bridgehead atoms. The summed E-state index contributed by atoms with van der Waals surface area (Å²) in [5, 5.41) is 0.399. The van der Waals surface area contributed by atoms with Crippen molar-refractivity contribution in [3.8, 4) is 17.3 Å². The monoisotopic (exact) mass is 355 g/mol. The predicted molar refractivity (Wildman–Crippen MR) is 98.3 cm³/mol. The molecule has 2 heterocycles. The summed E-state index contributed by atoms with van der Waals surface area (Å²) >= 11 is 0. The van der Waals surface area contributed by atoms with E-state index in [0.717, 1.165) is 5.56 Å². The van der Waals surface area contributed by atoms with Crippen molar-refractivity contribution in [2.75, 3.05) is 19.7 Å². The van der Waals surface area contributed by atoms with E-state index < -0.39 is 0 Å². The number of amides is 1. The maximum Gasteiger partial charge on any atom is 0.260 e. The van der Waals surface area contributed by atoms with Gasteiger partial charge in [-0.1, -0.05) is 6.07 Å². The average molecular weight is 355 g/mol. The van der Waals surface area contributed by atoms with Gasteiger partial charge in [0.25, 0.3) is 5.91 Å². The van der Waals surface area contributed by atoms with Gasteiger partial charge in [-0.25, -0.2) is 0 Å². The number of likely N-dealkylation sites (N-methyl/N-ethyl adjacent to an activating group) is 1. The topological polar surface area (TPSA) is 72.9 Å². The number of hydrogen-bond acceptors (Lipinski definition) is 5. The third-order valence-electron chi connectivity index (χ3n) is 4.21. The van der Waals surface area contributed by atoms with Crippen molar-refractivity contribution in [1.29, 1.82) is 0 Å². The summed E-state index contributed by atoms with van der Waals surface area (Å²) in [6.45, 7) is 6.62. The Morgan fingerprint density at radius 2 is 1.96 bits per heavy atom. The molecule has 3 aromatic rings. The van der Waals surface area contributed by atoms with E-state index in [-0.39, 0.29) is 29.5 Å². The van der Waals surface area contributed by atoms with Gasteiger partial charge in [-0.2, -0.15) is 0 Å². The van der Waals surface area contributed by atoms with E-state index in [9.17, 15) is 9.59 Å². The molecule has 6 heteroatoms. The SMILES string of the molecule is CCN(CC)C(=O)COc1c(-c2ccco2)oc2cc(C)ccc2c1=O. The molecule has 0 aliphatic carbocycles. The molecule has 0 aliphatic heterocycles. The van der Waals surface area contributed by atoms with Crippen molar-refractivity contribution < 1.29 is 18.4 Å². The van der Waals surface area contributed by atoms with Crippen LogP contribution in [0.2, 0.25) is 0 Å². The number of benzene rings is 1. The first kappa shape index (κ1) is 17.8. The summed E-state index contributed by atoms with van der Waals surface area (Å²) in [6, 6.07) is 8.69. The van der Waals surface area contributed by atoms with Gasteiger partial charge >= 0.3 is 0 Å². The Labute approximate surface area is 151 Å². The molecule has 1 amide bonds. The molecule has 0 unspecified atom stereocenters. The van der Waals surface area contributed by atoms with Gasteiger partial charge in [-0.05, 0) is 50.6 Å². The summed E-state index contributed by atoms with van der Waals surface area (Å²) in [7, 11) is 0. The van der Waals surface area contributed by atoms with Crippen LogP contribution >= 0.6 is 0 Å². The smallest absolute Gasteiger partial charge is 0.260 e. The number of hydrogen-bond donors (Lipinski definition) is 0. The van der Waals surface area contributed by atoms with Crippen molar-refractivity contribution in [2.24, 2.45) is 0 Å². The van der Waals surface area contributed by atoms with E-state index in [1.54, 1.807) is 29.2 Å². The third kappa shape index (κ3) is 3.35. The van der Waals surface area contributed by atoms with Gasteiger partial charge in [-0.3, -0.25) is 9.59 Å². The zero-order chi connectivity index (χ0) is 18.7. The highest BCUT2D eigenvalue weighted by molar-refractivity contribution is 5.82.